The third-order valence-electron chi connectivity index (χ3n) is 4.33. The molecular formula is C17H17N5O4. The number of rotatable bonds is 4. The highest BCUT2D eigenvalue weighted by Crippen LogP contribution is 2.28. The lowest BCUT2D eigenvalue weighted by Crippen LogP contribution is -2.47. The van der Waals surface area contributed by atoms with Crippen LogP contribution in [0.25, 0.3) is 0 Å². The van der Waals surface area contributed by atoms with Crippen molar-refractivity contribution in [3.8, 4) is 6.07 Å². The molecule has 1 heterocycles. The largest absolute Gasteiger partial charge is 0.335 e. The molecule has 2 fully saturated rings. The fraction of sp³-hybridized carbons (Fsp3) is 0.353. The van der Waals surface area contributed by atoms with Crippen molar-refractivity contribution in [3.63, 3.8) is 0 Å². The fourth-order valence-electron chi connectivity index (χ4n) is 2.67. The minimum absolute atomic E-state index is 0.0826. The Morgan fingerprint density at radius 1 is 1.31 bits per heavy atom. The fourth-order valence-corrected chi connectivity index (χ4v) is 2.67. The number of hydrogen-bond donors (Lipinski definition) is 3. The van der Waals surface area contributed by atoms with Gasteiger partial charge in [-0.05, 0) is 37.5 Å². The highest BCUT2D eigenvalue weighted by atomic mass is 16.2. The SMILES string of the molecule is CC1(c2ccc(C#N)cc2)NC(=O)N(CC(=O)NC(=O)NC2CC2)C1=O. The van der Waals surface area contributed by atoms with Crippen molar-refractivity contribution in [2.24, 2.45) is 0 Å². The Kier molecular flexibility index (Phi) is 4.34. The lowest BCUT2D eigenvalue weighted by molar-refractivity contribution is -0.134. The van der Waals surface area contributed by atoms with Crippen LogP contribution in [-0.2, 0) is 15.1 Å². The van der Waals surface area contributed by atoms with E-state index in [0.29, 0.717) is 11.1 Å². The van der Waals surface area contributed by atoms with Crippen LogP contribution in [0.15, 0.2) is 24.3 Å². The van der Waals surface area contributed by atoms with E-state index in [9.17, 15) is 19.2 Å². The van der Waals surface area contributed by atoms with Gasteiger partial charge in [-0.15, -0.1) is 0 Å². The predicted molar refractivity (Wildman–Crippen MR) is 88.5 cm³/mol. The van der Waals surface area contributed by atoms with Gasteiger partial charge in [0.25, 0.3) is 5.91 Å². The van der Waals surface area contributed by atoms with Crippen molar-refractivity contribution in [2.45, 2.75) is 31.3 Å². The molecule has 1 unspecified atom stereocenters. The van der Waals surface area contributed by atoms with Crippen LogP contribution in [0.4, 0.5) is 9.59 Å². The van der Waals surface area contributed by atoms with Crippen LogP contribution in [0.5, 0.6) is 0 Å². The normalized spacial score (nSPS) is 21.8. The summed E-state index contributed by atoms with van der Waals surface area (Å²) in [6, 6.07) is 6.92. The van der Waals surface area contributed by atoms with Crippen LogP contribution in [0.3, 0.4) is 0 Å². The molecule has 2 aliphatic rings. The third-order valence-corrected chi connectivity index (χ3v) is 4.33. The molecule has 0 bridgehead atoms. The number of hydrogen-bond acceptors (Lipinski definition) is 5. The summed E-state index contributed by atoms with van der Waals surface area (Å²) in [5.41, 5.74) is -0.432. The van der Waals surface area contributed by atoms with Crippen molar-refractivity contribution in [2.75, 3.05) is 6.54 Å². The van der Waals surface area contributed by atoms with Crippen LogP contribution in [-0.4, -0.2) is 41.4 Å². The first-order valence-corrected chi connectivity index (χ1v) is 8.08. The highest BCUT2D eigenvalue weighted by Gasteiger charge is 2.49. The maximum atomic E-state index is 12.7. The van der Waals surface area contributed by atoms with Crippen molar-refractivity contribution in [1.29, 1.82) is 5.26 Å². The Labute approximate surface area is 149 Å². The maximum Gasteiger partial charge on any atom is 0.325 e. The number of carbonyl (C=O) groups is 4. The van der Waals surface area contributed by atoms with E-state index in [1.54, 1.807) is 12.1 Å². The first kappa shape index (κ1) is 17.4. The van der Waals surface area contributed by atoms with Crippen molar-refractivity contribution in [3.05, 3.63) is 35.4 Å². The molecule has 3 N–H and O–H groups in total. The van der Waals surface area contributed by atoms with Gasteiger partial charge < -0.3 is 10.6 Å². The van der Waals surface area contributed by atoms with Gasteiger partial charge in [-0.25, -0.2) is 9.59 Å². The second-order valence-corrected chi connectivity index (χ2v) is 6.43. The molecule has 1 saturated carbocycles. The summed E-state index contributed by atoms with van der Waals surface area (Å²) in [6.45, 7) is 0.959. The van der Waals surface area contributed by atoms with E-state index >= 15 is 0 Å². The number of carbonyl (C=O) groups excluding carboxylic acids is 4. The van der Waals surface area contributed by atoms with E-state index < -0.39 is 36.0 Å². The average Bonchev–Trinajstić information content (AvgIpc) is 3.38. The molecule has 134 valence electrons. The zero-order chi connectivity index (χ0) is 18.9. The van der Waals surface area contributed by atoms with Gasteiger partial charge in [0.1, 0.15) is 12.1 Å². The Morgan fingerprint density at radius 2 is 1.96 bits per heavy atom. The maximum absolute atomic E-state index is 12.7. The van der Waals surface area contributed by atoms with Gasteiger partial charge in [-0.1, -0.05) is 12.1 Å². The molecule has 1 aromatic carbocycles. The highest BCUT2D eigenvalue weighted by molar-refractivity contribution is 6.10. The van der Waals surface area contributed by atoms with E-state index in [1.165, 1.54) is 19.1 Å². The summed E-state index contributed by atoms with van der Waals surface area (Å²) in [5, 5.41) is 16.1. The number of urea groups is 2. The van der Waals surface area contributed by atoms with E-state index in [-0.39, 0.29) is 6.04 Å². The first-order valence-electron chi connectivity index (χ1n) is 8.08. The number of nitrogens with zero attached hydrogens (tertiary/aromatic N) is 2. The monoisotopic (exact) mass is 355 g/mol. The molecule has 9 nitrogen and oxygen atoms in total. The van der Waals surface area contributed by atoms with Gasteiger partial charge in [-0.2, -0.15) is 5.26 Å². The quantitative estimate of drug-likeness (QED) is 0.669. The second-order valence-electron chi connectivity index (χ2n) is 6.43. The average molecular weight is 355 g/mol. The summed E-state index contributed by atoms with van der Waals surface area (Å²) in [7, 11) is 0. The number of nitrogens with one attached hydrogen (secondary N) is 3. The molecule has 3 rings (SSSR count). The van der Waals surface area contributed by atoms with Gasteiger partial charge in [0.2, 0.25) is 5.91 Å². The van der Waals surface area contributed by atoms with E-state index in [2.05, 4.69) is 16.0 Å². The standard InChI is InChI=1S/C17H17N5O4/c1-17(11-4-2-10(8-18)3-5-11)14(24)22(16(26)21-17)9-13(23)20-15(25)19-12-6-7-12/h2-5,12H,6-7,9H2,1H3,(H,21,26)(H2,19,20,23,25). The van der Waals surface area contributed by atoms with Crippen LogP contribution in [0.2, 0.25) is 0 Å². The summed E-state index contributed by atoms with van der Waals surface area (Å²) < 4.78 is 0. The van der Waals surface area contributed by atoms with Gasteiger partial charge in [-0.3, -0.25) is 19.8 Å². The van der Waals surface area contributed by atoms with Crippen LogP contribution in [0, 0.1) is 11.3 Å². The number of amides is 6. The molecule has 0 radical (unpaired) electrons. The lowest BCUT2D eigenvalue weighted by Gasteiger charge is -2.22. The molecule has 1 aliphatic carbocycles. The Balaban J connectivity index is 1.68. The minimum Gasteiger partial charge on any atom is -0.335 e. The predicted octanol–water partition coefficient (Wildman–Crippen LogP) is 0.313. The van der Waals surface area contributed by atoms with Gasteiger partial charge in [0.05, 0.1) is 11.6 Å². The summed E-state index contributed by atoms with van der Waals surface area (Å²) in [6.07, 6.45) is 1.75. The molecule has 1 saturated heterocycles. The van der Waals surface area contributed by atoms with E-state index in [0.717, 1.165) is 17.7 Å². The van der Waals surface area contributed by atoms with Gasteiger partial charge >= 0.3 is 12.1 Å². The smallest absolute Gasteiger partial charge is 0.325 e. The first-order chi connectivity index (χ1) is 12.3. The Hall–Kier alpha value is -3.41. The van der Waals surface area contributed by atoms with E-state index in [1.807, 2.05) is 6.07 Å². The molecule has 0 aromatic heterocycles. The zero-order valence-corrected chi connectivity index (χ0v) is 14.0. The number of benzene rings is 1. The van der Waals surface area contributed by atoms with Gasteiger partial charge in [0.15, 0.2) is 0 Å². The van der Waals surface area contributed by atoms with Gasteiger partial charge in [0, 0.05) is 6.04 Å². The van der Waals surface area contributed by atoms with Crippen LogP contribution in [0.1, 0.15) is 30.9 Å². The number of imide groups is 2. The van der Waals surface area contributed by atoms with Crippen molar-refractivity contribution < 1.29 is 19.2 Å². The molecular weight excluding hydrogens is 338 g/mol. The molecule has 1 aromatic rings. The second kappa shape index (κ2) is 6.48. The Morgan fingerprint density at radius 3 is 2.54 bits per heavy atom. The molecule has 26 heavy (non-hydrogen) atoms. The lowest BCUT2D eigenvalue weighted by atomic mass is 9.91. The summed E-state index contributed by atoms with van der Waals surface area (Å²) >= 11 is 0. The summed E-state index contributed by atoms with van der Waals surface area (Å²) in [5.74, 6) is -1.36. The van der Waals surface area contributed by atoms with Crippen molar-refractivity contribution >= 4 is 23.9 Å². The molecule has 1 aliphatic heterocycles. The summed E-state index contributed by atoms with van der Waals surface area (Å²) in [4.78, 5) is 49.2. The third kappa shape index (κ3) is 3.35. The molecule has 0 spiro atoms. The van der Waals surface area contributed by atoms with Crippen LogP contribution >= 0.6 is 0 Å². The van der Waals surface area contributed by atoms with Crippen LogP contribution < -0.4 is 16.0 Å². The minimum atomic E-state index is -1.35. The molecule has 9 heteroatoms. The topological polar surface area (TPSA) is 131 Å². The number of nitriles is 1. The van der Waals surface area contributed by atoms with Crippen molar-refractivity contribution in [1.82, 2.24) is 20.9 Å². The molecule has 1 atom stereocenters. The molecule has 6 amide bonds. The zero-order valence-electron chi connectivity index (χ0n) is 14.0. The Bertz CT molecular complexity index is 825. The van der Waals surface area contributed by atoms with E-state index in [4.69, 9.17) is 5.26 Å².